The van der Waals surface area contributed by atoms with Crippen molar-refractivity contribution in [2.24, 2.45) is 0 Å². The van der Waals surface area contributed by atoms with Crippen LogP contribution in [0.25, 0.3) is 0 Å². The summed E-state index contributed by atoms with van der Waals surface area (Å²) in [7, 11) is 0. The molecular weight excluding hydrogens is 230 g/mol. The summed E-state index contributed by atoms with van der Waals surface area (Å²) in [6.45, 7) is 5.51. The van der Waals surface area contributed by atoms with E-state index in [1.807, 2.05) is 19.9 Å². The Kier molecular flexibility index (Phi) is 3.32. The van der Waals surface area contributed by atoms with Gasteiger partial charge in [0.15, 0.2) is 0 Å². The van der Waals surface area contributed by atoms with Crippen LogP contribution in [0.15, 0.2) is 18.5 Å². The predicted molar refractivity (Wildman–Crippen MR) is 68.1 cm³/mol. The van der Waals surface area contributed by atoms with Crippen LogP contribution in [-0.2, 0) is 9.59 Å². The van der Waals surface area contributed by atoms with Gasteiger partial charge in [-0.2, -0.15) is 0 Å². The molecule has 1 N–H and O–H groups in total. The molecule has 1 aliphatic heterocycles. The summed E-state index contributed by atoms with van der Waals surface area (Å²) in [5, 5.41) is 2.70. The first-order chi connectivity index (χ1) is 8.56. The molecule has 1 aromatic rings. The molecule has 0 radical (unpaired) electrons. The maximum Gasteiger partial charge on any atom is 0.250 e. The van der Waals surface area contributed by atoms with Crippen LogP contribution in [0.5, 0.6) is 0 Å². The fourth-order valence-electron chi connectivity index (χ4n) is 2.21. The highest BCUT2D eigenvalue weighted by atomic mass is 16.2. The van der Waals surface area contributed by atoms with Gasteiger partial charge in [-0.05, 0) is 31.9 Å². The van der Waals surface area contributed by atoms with Gasteiger partial charge in [0.2, 0.25) is 11.8 Å². The van der Waals surface area contributed by atoms with Gasteiger partial charge in [0, 0.05) is 6.20 Å². The highest BCUT2D eigenvalue weighted by Gasteiger charge is 2.38. The van der Waals surface area contributed by atoms with Crippen LogP contribution < -0.4 is 10.2 Å². The Hall–Kier alpha value is -1.91. The third-order valence-corrected chi connectivity index (χ3v) is 3.24. The normalized spacial score (nSPS) is 24.1. The van der Waals surface area contributed by atoms with Crippen molar-refractivity contribution >= 4 is 17.5 Å². The van der Waals surface area contributed by atoms with Crippen LogP contribution in [0.1, 0.15) is 25.8 Å². The summed E-state index contributed by atoms with van der Waals surface area (Å²) in [4.78, 5) is 29.9. The highest BCUT2D eigenvalue weighted by Crippen LogP contribution is 2.25. The average molecular weight is 247 g/mol. The van der Waals surface area contributed by atoms with Crippen molar-refractivity contribution < 1.29 is 9.59 Å². The SMILES string of the molecule is CCC1C(=O)NC(C)C(=O)N1c1cnccc1C. The number of rotatable bonds is 2. The van der Waals surface area contributed by atoms with Gasteiger partial charge < -0.3 is 5.32 Å². The second-order valence-corrected chi connectivity index (χ2v) is 4.52. The number of hydrogen-bond acceptors (Lipinski definition) is 3. The Morgan fingerprint density at radius 3 is 2.78 bits per heavy atom. The van der Waals surface area contributed by atoms with E-state index in [1.165, 1.54) is 0 Å². The molecule has 5 heteroatoms. The molecule has 2 atom stereocenters. The molecule has 2 heterocycles. The number of piperazine rings is 1. The third kappa shape index (κ3) is 1.96. The van der Waals surface area contributed by atoms with E-state index in [9.17, 15) is 9.59 Å². The van der Waals surface area contributed by atoms with Crippen LogP contribution in [0.3, 0.4) is 0 Å². The molecule has 96 valence electrons. The summed E-state index contributed by atoms with van der Waals surface area (Å²) < 4.78 is 0. The van der Waals surface area contributed by atoms with E-state index in [-0.39, 0.29) is 11.8 Å². The van der Waals surface area contributed by atoms with E-state index in [0.717, 1.165) is 11.3 Å². The molecule has 0 spiro atoms. The monoisotopic (exact) mass is 247 g/mol. The molecule has 2 amide bonds. The number of carbonyl (C=O) groups is 2. The van der Waals surface area contributed by atoms with Crippen LogP contribution in [0.2, 0.25) is 0 Å². The van der Waals surface area contributed by atoms with E-state index >= 15 is 0 Å². The first-order valence-corrected chi connectivity index (χ1v) is 6.10. The first kappa shape index (κ1) is 12.5. The zero-order valence-electron chi connectivity index (χ0n) is 10.8. The van der Waals surface area contributed by atoms with Gasteiger partial charge in [0.25, 0.3) is 0 Å². The van der Waals surface area contributed by atoms with Crippen molar-refractivity contribution in [2.75, 3.05) is 4.90 Å². The van der Waals surface area contributed by atoms with Crippen molar-refractivity contribution in [3.8, 4) is 0 Å². The van der Waals surface area contributed by atoms with E-state index in [4.69, 9.17) is 0 Å². The fourth-order valence-corrected chi connectivity index (χ4v) is 2.21. The van der Waals surface area contributed by atoms with E-state index in [1.54, 1.807) is 24.2 Å². The summed E-state index contributed by atoms with van der Waals surface area (Å²) >= 11 is 0. The summed E-state index contributed by atoms with van der Waals surface area (Å²) in [6, 6.07) is 0.906. The van der Waals surface area contributed by atoms with Gasteiger partial charge in [0.1, 0.15) is 12.1 Å². The molecule has 2 unspecified atom stereocenters. The van der Waals surface area contributed by atoms with Crippen molar-refractivity contribution in [3.63, 3.8) is 0 Å². The van der Waals surface area contributed by atoms with E-state index < -0.39 is 12.1 Å². The Labute approximate surface area is 106 Å². The number of aromatic nitrogens is 1. The molecule has 0 bridgehead atoms. The fraction of sp³-hybridized carbons (Fsp3) is 0.462. The van der Waals surface area contributed by atoms with Crippen molar-refractivity contribution in [1.82, 2.24) is 10.3 Å². The first-order valence-electron chi connectivity index (χ1n) is 6.10. The quantitative estimate of drug-likeness (QED) is 0.848. The Balaban J connectivity index is 2.47. The molecule has 1 aliphatic rings. The van der Waals surface area contributed by atoms with Crippen LogP contribution in [0.4, 0.5) is 5.69 Å². The lowest BCUT2D eigenvalue weighted by atomic mass is 10.0. The number of pyridine rings is 1. The van der Waals surface area contributed by atoms with Crippen LogP contribution in [-0.4, -0.2) is 28.9 Å². The van der Waals surface area contributed by atoms with Gasteiger partial charge in [-0.15, -0.1) is 0 Å². The number of carbonyl (C=O) groups excluding carboxylic acids is 2. The standard InChI is InChI=1S/C13H17N3O2/c1-4-10-12(17)15-9(3)13(18)16(10)11-7-14-6-5-8(11)2/h5-7,9-10H,4H2,1-3H3,(H,15,17). The number of nitrogens with zero attached hydrogens (tertiary/aromatic N) is 2. The second kappa shape index (κ2) is 4.76. The van der Waals surface area contributed by atoms with E-state index in [0.29, 0.717) is 6.42 Å². The molecule has 2 rings (SSSR count). The molecular formula is C13H17N3O2. The Morgan fingerprint density at radius 2 is 2.17 bits per heavy atom. The zero-order valence-corrected chi connectivity index (χ0v) is 10.8. The number of aryl methyl sites for hydroxylation is 1. The molecule has 0 aromatic carbocycles. The molecule has 1 saturated heterocycles. The molecule has 1 aromatic heterocycles. The Morgan fingerprint density at radius 1 is 1.44 bits per heavy atom. The lowest BCUT2D eigenvalue weighted by Gasteiger charge is -2.37. The maximum atomic E-state index is 12.3. The average Bonchev–Trinajstić information content (AvgIpc) is 2.34. The van der Waals surface area contributed by atoms with Gasteiger partial charge in [-0.3, -0.25) is 19.5 Å². The number of hydrogen-bond donors (Lipinski definition) is 1. The molecule has 5 nitrogen and oxygen atoms in total. The lowest BCUT2D eigenvalue weighted by Crippen LogP contribution is -2.62. The minimum absolute atomic E-state index is 0.0856. The van der Waals surface area contributed by atoms with Gasteiger partial charge in [-0.1, -0.05) is 6.92 Å². The molecule has 0 aliphatic carbocycles. The minimum Gasteiger partial charge on any atom is -0.343 e. The number of anilines is 1. The molecule has 0 saturated carbocycles. The molecule has 18 heavy (non-hydrogen) atoms. The number of amides is 2. The Bertz CT molecular complexity index is 487. The van der Waals surface area contributed by atoms with Crippen molar-refractivity contribution in [3.05, 3.63) is 24.0 Å². The molecule has 1 fully saturated rings. The van der Waals surface area contributed by atoms with Gasteiger partial charge in [0.05, 0.1) is 11.9 Å². The number of nitrogens with one attached hydrogen (secondary N) is 1. The smallest absolute Gasteiger partial charge is 0.250 e. The largest absolute Gasteiger partial charge is 0.343 e. The van der Waals surface area contributed by atoms with Gasteiger partial charge >= 0.3 is 0 Å². The van der Waals surface area contributed by atoms with Crippen LogP contribution in [0, 0.1) is 6.92 Å². The maximum absolute atomic E-state index is 12.3. The summed E-state index contributed by atoms with van der Waals surface area (Å²) in [5.74, 6) is -0.189. The predicted octanol–water partition coefficient (Wildman–Crippen LogP) is 1.02. The highest BCUT2D eigenvalue weighted by molar-refractivity contribution is 6.08. The van der Waals surface area contributed by atoms with Crippen LogP contribution >= 0.6 is 0 Å². The second-order valence-electron chi connectivity index (χ2n) is 4.52. The zero-order chi connectivity index (χ0) is 13.3. The van der Waals surface area contributed by atoms with Crippen molar-refractivity contribution in [1.29, 1.82) is 0 Å². The van der Waals surface area contributed by atoms with E-state index in [2.05, 4.69) is 10.3 Å². The topological polar surface area (TPSA) is 62.3 Å². The van der Waals surface area contributed by atoms with Gasteiger partial charge in [-0.25, -0.2) is 0 Å². The minimum atomic E-state index is -0.486. The third-order valence-electron chi connectivity index (χ3n) is 3.24. The summed E-state index contributed by atoms with van der Waals surface area (Å²) in [5.41, 5.74) is 1.66. The van der Waals surface area contributed by atoms with Crippen molar-refractivity contribution in [2.45, 2.75) is 39.3 Å². The summed E-state index contributed by atoms with van der Waals surface area (Å²) in [6.07, 6.45) is 3.90. The lowest BCUT2D eigenvalue weighted by molar-refractivity contribution is -0.133.